The van der Waals surface area contributed by atoms with Crippen molar-refractivity contribution in [3.63, 3.8) is 0 Å². The molecule has 0 aromatic heterocycles. The van der Waals surface area contributed by atoms with Crippen LogP contribution in [0, 0.1) is 0 Å². The van der Waals surface area contributed by atoms with Crippen LogP contribution in [0.2, 0.25) is 0 Å². The number of carboxylic acid groups (broad SMARTS) is 1. The molecule has 5 nitrogen and oxygen atoms in total. The first kappa shape index (κ1) is 14.9. The third-order valence-electron chi connectivity index (χ3n) is 2.58. The lowest BCUT2D eigenvalue weighted by molar-refractivity contribution is -0.150. The average molecular weight is 230 g/mol. The maximum Gasteiger partial charge on any atom is 0.394 e. The van der Waals surface area contributed by atoms with Crippen LogP contribution >= 0.6 is 0 Å². The van der Waals surface area contributed by atoms with Crippen molar-refractivity contribution in [2.75, 3.05) is 19.6 Å². The van der Waals surface area contributed by atoms with Crippen LogP contribution < -0.4 is 5.32 Å². The maximum atomic E-state index is 10.8. The molecular formula is C11H22N2O3. The molecule has 0 bridgehead atoms. The molecule has 0 aliphatic heterocycles. The minimum absolute atomic E-state index is 0.0841. The summed E-state index contributed by atoms with van der Waals surface area (Å²) in [6, 6.07) is -0.0841. The number of nitrogens with one attached hydrogen (secondary N) is 1. The van der Waals surface area contributed by atoms with E-state index in [4.69, 9.17) is 5.11 Å². The lowest BCUT2D eigenvalue weighted by atomic mass is 10.1. The smallest absolute Gasteiger partial charge is 0.394 e. The summed E-state index contributed by atoms with van der Waals surface area (Å²) in [5.74, 6) is -2.34. The minimum Gasteiger partial charge on any atom is -0.474 e. The highest BCUT2D eigenvalue weighted by molar-refractivity contribution is 6.31. The number of carbonyl (C=O) groups is 2. The maximum absolute atomic E-state index is 10.8. The highest BCUT2D eigenvalue weighted by atomic mass is 16.4. The van der Waals surface area contributed by atoms with E-state index >= 15 is 0 Å². The molecule has 16 heavy (non-hydrogen) atoms. The lowest BCUT2D eigenvalue weighted by Crippen LogP contribution is -2.38. The largest absolute Gasteiger partial charge is 0.474 e. The summed E-state index contributed by atoms with van der Waals surface area (Å²) in [5, 5.41) is 10.8. The number of nitrogens with zero attached hydrogens (tertiary/aromatic N) is 1. The molecule has 94 valence electrons. The van der Waals surface area contributed by atoms with Crippen molar-refractivity contribution in [3.05, 3.63) is 0 Å². The van der Waals surface area contributed by atoms with Gasteiger partial charge in [-0.3, -0.25) is 4.79 Å². The van der Waals surface area contributed by atoms with Gasteiger partial charge in [0.15, 0.2) is 0 Å². The fourth-order valence-electron chi connectivity index (χ4n) is 1.52. The Bertz CT molecular complexity index is 227. The monoisotopic (exact) mass is 230 g/mol. The number of carboxylic acids is 1. The fraction of sp³-hybridized carbons (Fsp3) is 0.818. The van der Waals surface area contributed by atoms with Crippen LogP contribution in [0.1, 0.15) is 33.6 Å². The van der Waals surface area contributed by atoms with Crippen LogP contribution in [0.5, 0.6) is 0 Å². The van der Waals surface area contributed by atoms with Gasteiger partial charge < -0.3 is 15.3 Å². The molecule has 1 unspecified atom stereocenters. The predicted molar refractivity (Wildman–Crippen MR) is 62.3 cm³/mol. The minimum atomic E-state index is -1.42. The fourth-order valence-corrected chi connectivity index (χ4v) is 1.52. The van der Waals surface area contributed by atoms with Gasteiger partial charge in [0.2, 0.25) is 0 Å². The summed E-state index contributed by atoms with van der Waals surface area (Å²) in [6.07, 6.45) is 1.76. The summed E-state index contributed by atoms with van der Waals surface area (Å²) >= 11 is 0. The topological polar surface area (TPSA) is 69.6 Å². The van der Waals surface area contributed by atoms with E-state index in [1.807, 2.05) is 6.92 Å². The zero-order chi connectivity index (χ0) is 12.6. The van der Waals surface area contributed by atoms with Crippen molar-refractivity contribution in [1.82, 2.24) is 10.2 Å². The molecule has 0 spiro atoms. The molecule has 0 fully saturated rings. The Hall–Kier alpha value is -1.10. The van der Waals surface area contributed by atoms with E-state index in [1.165, 1.54) is 0 Å². The molecule has 1 atom stereocenters. The van der Waals surface area contributed by atoms with Gasteiger partial charge in [0.25, 0.3) is 0 Å². The van der Waals surface area contributed by atoms with Gasteiger partial charge in [0.05, 0.1) is 0 Å². The quantitative estimate of drug-likeness (QED) is 0.632. The molecule has 0 saturated carbocycles. The summed E-state index contributed by atoms with van der Waals surface area (Å²) in [7, 11) is 0. The van der Waals surface area contributed by atoms with Crippen LogP contribution in [0.25, 0.3) is 0 Å². The number of aliphatic carboxylic acids is 1. The molecule has 0 aromatic carbocycles. The Balaban J connectivity index is 3.69. The predicted octanol–water partition coefficient (Wildman–Crippen LogP) is 0.698. The van der Waals surface area contributed by atoms with Crippen molar-refractivity contribution < 1.29 is 14.7 Å². The molecule has 5 heteroatoms. The number of hydrogen-bond acceptors (Lipinski definition) is 3. The SMILES string of the molecule is CCN(CC)CCCC(C)NC(=O)C(=O)O. The van der Waals surface area contributed by atoms with Crippen molar-refractivity contribution in [2.24, 2.45) is 0 Å². The van der Waals surface area contributed by atoms with Gasteiger partial charge in [-0.2, -0.15) is 0 Å². The van der Waals surface area contributed by atoms with Gasteiger partial charge in [-0.15, -0.1) is 0 Å². The van der Waals surface area contributed by atoms with Gasteiger partial charge in [-0.25, -0.2) is 4.79 Å². The van der Waals surface area contributed by atoms with Gasteiger partial charge in [0.1, 0.15) is 0 Å². The Labute approximate surface area is 96.8 Å². The van der Waals surface area contributed by atoms with Gasteiger partial charge in [-0.05, 0) is 39.4 Å². The molecule has 1 amide bonds. The van der Waals surface area contributed by atoms with Crippen LogP contribution in [0.15, 0.2) is 0 Å². The second-order valence-electron chi connectivity index (χ2n) is 3.85. The van der Waals surface area contributed by atoms with E-state index in [-0.39, 0.29) is 6.04 Å². The van der Waals surface area contributed by atoms with E-state index in [1.54, 1.807) is 0 Å². The molecule has 0 aromatic rings. The molecule has 2 N–H and O–H groups in total. The lowest BCUT2D eigenvalue weighted by Gasteiger charge is -2.19. The van der Waals surface area contributed by atoms with Crippen LogP contribution in [-0.2, 0) is 9.59 Å². The molecular weight excluding hydrogens is 208 g/mol. The van der Waals surface area contributed by atoms with Gasteiger partial charge in [0, 0.05) is 6.04 Å². The normalized spacial score (nSPS) is 12.5. The molecule has 0 heterocycles. The van der Waals surface area contributed by atoms with Gasteiger partial charge in [-0.1, -0.05) is 13.8 Å². The second-order valence-corrected chi connectivity index (χ2v) is 3.85. The highest BCUT2D eigenvalue weighted by Gasteiger charge is 2.13. The number of amides is 1. The third kappa shape index (κ3) is 6.40. The zero-order valence-electron chi connectivity index (χ0n) is 10.3. The first-order chi connectivity index (χ1) is 7.51. The third-order valence-corrected chi connectivity index (χ3v) is 2.58. The van der Waals surface area contributed by atoms with Crippen LogP contribution in [-0.4, -0.2) is 47.6 Å². The standard InChI is InChI=1S/C11H22N2O3/c1-4-13(5-2)8-6-7-9(3)12-10(14)11(15)16/h9H,4-8H2,1-3H3,(H,12,14)(H,15,16). The first-order valence-corrected chi connectivity index (χ1v) is 5.77. The number of rotatable bonds is 7. The number of carbonyl (C=O) groups excluding carboxylic acids is 1. The zero-order valence-corrected chi connectivity index (χ0v) is 10.3. The Morgan fingerprint density at radius 2 is 1.88 bits per heavy atom. The Morgan fingerprint density at radius 1 is 1.31 bits per heavy atom. The molecule has 0 radical (unpaired) electrons. The van der Waals surface area contributed by atoms with E-state index < -0.39 is 11.9 Å². The first-order valence-electron chi connectivity index (χ1n) is 5.77. The Morgan fingerprint density at radius 3 is 2.31 bits per heavy atom. The molecule has 0 aliphatic carbocycles. The summed E-state index contributed by atoms with van der Waals surface area (Å²) in [6.45, 7) is 9.07. The molecule has 0 rings (SSSR count). The van der Waals surface area contributed by atoms with E-state index in [0.717, 1.165) is 32.5 Å². The summed E-state index contributed by atoms with van der Waals surface area (Å²) in [4.78, 5) is 23.4. The van der Waals surface area contributed by atoms with E-state index in [2.05, 4.69) is 24.1 Å². The molecule has 0 saturated heterocycles. The van der Waals surface area contributed by atoms with Crippen LogP contribution in [0.3, 0.4) is 0 Å². The van der Waals surface area contributed by atoms with Gasteiger partial charge >= 0.3 is 11.9 Å². The van der Waals surface area contributed by atoms with Crippen molar-refractivity contribution in [1.29, 1.82) is 0 Å². The molecule has 0 aliphatic rings. The van der Waals surface area contributed by atoms with E-state index in [0.29, 0.717) is 0 Å². The van der Waals surface area contributed by atoms with Crippen molar-refractivity contribution in [2.45, 2.75) is 39.7 Å². The van der Waals surface area contributed by atoms with E-state index in [9.17, 15) is 9.59 Å². The second kappa shape index (κ2) is 8.10. The highest BCUT2D eigenvalue weighted by Crippen LogP contribution is 1.99. The summed E-state index contributed by atoms with van der Waals surface area (Å²) < 4.78 is 0. The average Bonchev–Trinajstić information content (AvgIpc) is 2.24. The van der Waals surface area contributed by atoms with Crippen molar-refractivity contribution in [3.8, 4) is 0 Å². The number of hydrogen-bond donors (Lipinski definition) is 2. The van der Waals surface area contributed by atoms with Crippen molar-refractivity contribution >= 4 is 11.9 Å². The van der Waals surface area contributed by atoms with Crippen LogP contribution in [0.4, 0.5) is 0 Å². The Kier molecular flexibility index (Phi) is 7.54. The summed E-state index contributed by atoms with van der Waals surface area (Å²) in [5.41, 5.74) is 0.